The number of benzene rings is 1. The minimum atomic E-state index is -0.618. The van der Waals surface area contributed by atoms with Gasteiger partial charge in [0.15, 0.2) is 0 Å². The van der Waals surface area contributed by atoms with E-state index in [1.807, 2.05) is 0 Å². The zero-order valence-electron chi connectivity index (χ0n) is 14.5. The first-order valence-corrected chi connectivity index (χ1v) is 8.87. The van der Waals surface area contributed by atoms with Crippen LogP contribution in [0.5, 0.6) is 5.75 Å². The van der Waals surface area contributed by atoms with Crippen molar-refractivity contribution in [1.29, 1.82) is 0 Å². The monoisotopic (exact) mass is 367 g/mol. The van der Waals surface area contributed by atoms with Crippen molar-refractivity contribution in [3.05, 3.63) is 29.6 Å². The highest BCUT2D eigenvalue weighted by molar-refractivity contribution is 5.88. The maximum atomic E-state index is 13.5. The highest BCUT2D eigenvalue weighted by Gasteiger charge is 2.34. The Labute approximate surface area is 150 Å². The number of likely N-dealkylation sites (tertiary alicyclic amines) is 2. The van der Waals surface area contributed by atoms with Crippen LogP contribution in [-0.4, -0.2) is 65.7 Å². The molecule has 0 bridgehead atoms. The third kappa shape index (κ3) is 4.05. The largest absolute Gasteiger partial charge is 0.508 e. The maximum absolute atomic E-state index is 13.5. The second-order valence-electron chi connectivity index (χ2n) is 6.83. The average Bonchev–Trinajstić information content (AvgIpc) is 2.95. The van der Waals surface area contributed by atoms with Gasteiger partial charge in [0.1, 0.15) is 24.3 Å². The van der Waals surface area contributed by atoms with Gasteiger partial charge < -0.3 is 20.2 Å². The van der Waals surface area contributed by atoms with Crippen LogP contribution in [0.4, 0.5) is 13.6 Å². The predicted octanol–water partition coefficient (Wildman–Crippen LogP) is 1.99. The normalized spacial score (nSPS) is 23.4. The van der Waals surface area contributed by atoms with Crippen LogP contribution in [0.2, 0.25) is 0 Å². The number of amides is 3. The third-order valence-electron chi connectivity index (χ3n) is 5.03. The van der Waals surface area contributed by atoms with E-state index < -0.39 is 18.5 Å². The van der Waals surface area contributed by atoms with Crippen molar-refractivity contribution in [1.82, 2.24) is 15.1 Å². The number of aromatic hydroxyl groups is 1. The molecule has 2 unspecified atom stereocenters. The number of carbonyl (C=O) groups is 2. The predicted molar refractivity (Wildman–Crippen MR) is 91.1 cm³/mol. The topological polar surface area (TPSA) is 72.9 Å². The fourth-order valence-corrected chi connectivity index (χ4v) is 3.70. The third-order valence-corrected chi connectivity index (χ3v) is 5.03. The van der Waals surface area contributed by atoms with Gasteiger partial charge in [-0.2, -0.15) is 0 Å². The lowest BCUT2D eigenvalue weighted by molar-refractivity contribution is -0.129. The molecule has 26 heavy (non-hydrogen) atoms. The van der Waals surface area contributed by atoms with Crippen LogP contribution in [0, 0.1) is 5.82 Å². The number of phenolic OH excluding ortho intramolecular Hbond substituents is 1. The van der Waals surface area contributed by atoms with Gasteiger partial charge >= 0.3 is 6.03 Å². The Hall–Kier alpha value is -2.38. The van der Waals surface area contributed by atoms with Crippen molar-refractivity contribution in [2.75, 3.05) is 32.9 Å². The van der Waals surface area contributed by atoms with Crippen molar-refractivity contribution in [3.8, 4) is 5.75 Å². The summed E-state index contributed by atoms with van der Waals surface area (Å²) in [4.78, 5) is 27.7. The molecule has 0 aliphatic carbocycles. The minimum absolute atomic E-state index is 0.0556. The summed E-state index contributed by atoms with van der Waals surface area (Å²) in [6.45, 7) is 0.849. The van der Waals surface area contributed by atoms with Crippen LogP contribution < -0.4 is 5.32 Å². The first-order chi connectivity index (χ1) is 12.5. The van der Waals surface area contributed by atoms with Gasteiger partial charge in [-0.1, -0.05) is 0 Å². The number of hydrogen-bond donors (Lipinski definition) is 2. The van der Waals surface area contributed by atoms with E-state index in [0.717, 1.165) is 18.9 Å². The van der Waals surface area contributed by atoms with Gasteiger partial charge in [0.2, 0.25) is 5.91 Å². The average molecular weight is 367 g/mol. The van der Waals surface area contributed by atoms with Crippen molar-refractivity contribution < 1.29 is 23.5 Å². The Morgan fingerprint density at radius 2 is 2.08 bits per heavy atom. The molecule has 0 aromatic heterocycles. The number of piperidine rings is 1. The summed E-state index contributed by atoms with van der Waals surface area (Å²) in [6, 6.07) is 2.99. The van der Waals surface area contributed by atoms with Gasteiger partial charge in [0.25, 0.3) is 0 Å². The number of urea groups is 1. The molecule has 2 N–H and O–H groups in total. The van der Waals surface area contributed by atoms with E-state index in [1.165, 1.54) is 17.0 Å². The van der Waals surface area contributed by atoms with E-state index in [2.05, 4.69) is 5.32 Å². The van der Waals surface area contributed by atoms with Gasteiger partial charge in [-0.25, -0.2) is 13.6 Å². The van der Waals surface area contributed by atoms with Crippen LogP contribution in [-0.2, 0) is 4.79 Å². The van der Waals surface area contributed by atoms with E-state index in [1.54, 1.807) is 4.90 Å². The van der Waals surface area contributed by atoms with Crippen LogP contribution >= 0.6 is 0 Å². The number of hydrogen-bond acceptors (Lipinski definition) is 3. The number of phenols is 1. The van der Waals surface area contributed by atoms with Crippen LogP contribution in [0.3, 0.4) is 0 Å². The number of rotatable bonds is 4. The van der Waals surface area contributed by atoms with Crippen LogP contribution in [0.1, 0.15) is 30.7 Å². The number of carbonyl (C=O) groups excluding carboxylic acids is 2. The molecule has 1 aromatic carbocycles. The Morgan fingerprint density at radius 1 is 1.27 bits per heavy atom. The Balaban J connectivity index is 1.60. The molecular weight excluding hydrogens is 344 g/mol. The summed E-state index contributed by atoms with van der Waals surface area (Å²) in [5, 5.41) is 12.3. The summed E-state index contributed by atoms with van der Waals surface area (Å²) in [5.41, 5.74) is 0.658. The van der Waals surface area contributed by atoms with E-state index in [0.29, 0.717) is 31.6 Å². The van der Waals surface area contributed by atoms with Gasteiger partial charge in [0.05, 0.1) is 0 Å². The van der Waals surface area contributed by atoms with E-state index in [4.69, 9.17) is 0 Å². The molecule has 2 atom stereocenters. The van der Waals surface area contributed by atoms with Gasteiger partial charge in [-0.05, 0) is 37.0 Å². The number of alkyl halides is 1. The summed E-state index contributed by atoms with van der Waals surface area (Å²) < 4.78 is 26.0. The first-order valence-electron chi connectivity index (χ1n) is 8.87. The second kappa shape index (κ2) is 7.88. The highest BCUT2D eigenvalue weighted by atomic mass is 19.1. The summed E-state index contributed by atoms with van der Waals surface area (Å²) in [7, 11) is 0. The molecule has 2 aliphatic heterocycles. The smallest absolute Gasteiger partial charge is 0.318 e. The lowest BCUT2D eigenvalue weighted by Crippen LogP contribution is -2.50. The van der Waals surface area contributed by atoms with Gasteiger partial charge in [0, 0.05) is 38.2 Å². The molecule has 2 aliphatic rings. The summed E-state index contributed by atoms with van der Waals surface area (Å²) >= 11 is 0. The molecule has 3 rings (SSSR count). The molecule has 2 heterocycles. The van der Waals surface area contributed by atoms with E-state index in [9.17, 15) is 23.5 Å². The number of halogens is 2. The zero-order chi connectivity index (χ0) is 18.7. The molecule has 1 aromatic rings. The summed E-state index contributed by atoms with van der Waals surface area (Å²) in [5.74, 6) is -0.963. The quantitative estimate of drug-likeness (QED) is 0.855. The maximum Gasteiger partial charge on any atom is 0.318 e. The lowest BCUT2D eigenvalue weighted by Gasteiger charge is -2.33. The Bertz CT molecular complexity index is 665. The van der Waals surface area contributed by atoms with Gasteiger partial charge in [-0.15, -0.1) is 0 Å². The molecule has 6 nitrogen and oxygen atoms in total. The molecule has 142 valence electrons. The van der Waals surface area contributed by atoms with Crippen molar-refractivity contribution in [2.45, 2.75) is 31.2 Å². The molecular formula is C18H23F2N3O3. The van der Waals surface area contributed by atoms with Gasteiger partial charge in [-0.3, -0.25) is 4.79 Å². The standard InChI is InChI=1S/C18H23F2N3O3/c19-4-7-22-6-3-16(17(22)25)21-18(26)23-5-1-2-12(11-23)13-8-14(20)10-15(24)9-13/h8-10,12,16,24H,1-7,11H2,(H,21,26). The molecule has 2 fully saturated rings. The summed E-state index contributed by atoms with van der Waals surface area (Å²) in [6.07, 6.45) is 2.01. The van der Waals surface area contributed by atoms with Crippen molar-refractivity contribution >= 4 is 11.9 Å². The lowest BCUT2D eigenvalue weighted by atomic mass is 9.90. The fraction of sp³-hybridized carbons (Fsp3) is 0.556. The first kappa shape index (κ1) is 18.4. The minimum Gasteiger partial charge on any atom is -0.508 e. The van der Waals surface area contributed by atoms with E-state index in [-0.39, 0.29) is 30.2 Å². The zero-order valence-corrected chi connectivity index (χ0v) is 14.5. The van der Waals surface area contributed by atoms with E-state index >= 15 is 0 Å². The molecule has 0 spiro atoms. The van der Waals surface area contributed by atoms with Crippen molar-refractivity contribution in [3.63, 3.8) is 0 Å². The van der Waals surface area contributed by atoms with Crippen molar-refractivity contribution in [2.24, 2.45) is 0 Å². The van der Waals surface area contributed by atoms with Crippen LogP contribution in [0.25, 0.3) is 0 Å². The number of nitrogens with zero attached hydrogens (tertiary/aromatic N) is 2. The molecule has 8 heteroatoms. The van der Waals surface area contributed by atoms with Crippen LogP contribution in [0.15, 0.2) is 18.2 Å². The SMILES string of the molecule is O=C(NC1CCN(CCF)C1=O)N1CCCC(c2cc(O)cc(F)c2)C1. The molecule has 3 amide bonds. The molecule has 0 saturated carbocycles. The molecule has 2 saturated heterocycles. The highest BCUT2D eigenvalue weighted by Crippen LogP contribution is 2.29. The fourth-order valence-electron chi connectivity index (χ4n) is 3.70. The Morgan fingerprint density at radius 3 is 2.81 bits per heavy atom. The second-order valence-corrected chi connectivity index (χ2v) is 6.83. The number of nitrogens with one attached hydrogen (secondary N) is 1. The molecule has 0 radical (unpaired) electrons. The Kier molecular flexibility index (Phi) is 5.58.